The molecule has 1 heterocycles. The summed E-state index contributed by atoms with van der Waals surface area (Å²) in [5.74, 6) is -1.05. The molecule has 0 amide bonds. The summed E-state index contributed by atoms with van der Waals surface area (Å²) in [4.78, 5) is 10.8. The Morgan fingerprint density at radius 1 is 1.44 bits per heavy atom. The van der Waals surface area contributed by atoms with Crippen LogP contribution in [0.3, 0.4) is 0 Å². The predicted molar refractivity (Wildman–Crippen MR) is 46.9 cm³/mol. The van der Waals surface area contributed by atoms with E-state index in [0.717, 1.165) is 0 Å². The van der Waals surface area contributed by atoms with Gasteiger partial charge >= 0.3 is 11.5 Å². The summed E-state index contributed by atoms with van der Waals surface area (Å²) < 4.78 is 64.0. The topological polar surface area (TPSA) is 74.5 Å². The van der Waals surface area contributed by atoms with E-state index in [1.807, 2.05) is 0 Å². The third kappa shape index (κ3) is 3.34. The van der Waals surface area contributed by atoms with Gasteiger partial charge in [0.1, 0.15) is 0 Å². The molecule has 16 heavy (non-hydrogen) atoms. The summed E-state index contributed by atoms with van der Waals surface area (Å²) in [6, 6.07) is 0. The lowest BCUT2D eigenvalue weighted by Crippen LogP contribution is -2.27. The van der Waals surface area contributed by atoms with Gasteiger partial charge in [-0.2, -0.15) is 13.2 Å². The monoisotopic (exact) mass is 260 g/mol. The lowest BCUT2D eigenvalue weighted by atomic mass is 10.0. The Balaban J connectivity index is 2.49. The van der Waals surface area contributed by atoms with Crippen LogP contribution >= 0.6 is 0 Å². The van der Waals surface area contributed by atoms with Gasteiger partial charge in [0.15, 0.2) is 10.0 Å². The first-order valence-corrected chi connectivity index (χ1v) is 5.82. The Morgan fingerprint density at radius 2 is 2.06 bits per heavy atom. The summed E-state index contributed by atoms with van der Waals surface area (Å²) in [7, 11) is -5.44. The molecule has 1 rings (SSSR count). The average molecular weight is 260 g/mol. The number of sulfonamides is 1. The van der Waals surface area contributed by atoms with Crippen LogP contribution in [0.1, 0.15) is 12.8 Å². The fourth-order valence-corrected chi connectivity index (χ4v) is 1.72. The van der Waals surface area contributed by atoms with Gasteiger partial charge in [-0.3, -0.25) is 4.79 Å². The van der Waals surface area contributed by atoms with Gasteiger partial charge in [0.05, 0.1) is 6.61 Å². The minimum atomic E-state index is -5.44. The molecule has 0 radical (unpaired) electrons. The highest BCUT2D eigenvalue weighted by Crippen LogP contribution is 2.29. The van der Waals surface area contributed by atoms with Crippen LogP contribution in [-0.2, 0) is 19.6 Å². The summed E-state index contributed by atoms with van der Waals surface area (Å²) >= 11 is 0. The zero-order chi connectivity index (χ0) is 12.4. The van der Waals surface area contributed by atoms with Crippen molar-refractivity contribution in [1.29, 1.82) is 0 Å². The number of hydrogen-bond acceptors (Lipinski definition) is 4. The molecular formula is C7H9F3NO4S-. The zero-order valence-electron chi connectivity index (χ0n) is 8.03. The van der Waals surface area contributed by atoms with Gasteiger partial charge in [-0.25, -0.2) is 8.42 Å². The zero-order valence-corrected chi connectivity index (χ0v) is 8.84. The lowest BCUT2D eigenvalue weighted by molar-refractivity contribution is -0.148. The number of rotatable bonds is 3. The second-order valence-corrected chi connectivity index (χ2v) is 4.98. The van der Waals surface area contributed by atoms with E-state index in [-0.39, 0.29) is 13.0 Å². The first-order chi connectivity index (χ1) is 7.22. The summed E-state index contributed by atoms with van der Waals surface area (Å²) in [5.41, 5.74) is -5.37. The van der Waals surface area contributed by atoms with Crippen molar-refractivity contribution in [2.45, 2.75) is 18.3 Å². The minimum Gasteiger partial charge on any atom is -0.541 e. The van der Waals surface area contributed by atoms with Gasteiger partial charge in [0.2, 0.25) is 0 Å². The smallest absolute Gasteiger partial charge is 0.480 e. The van der Waals surface area contributed by atoms with E-state index in [0.29, 0.717) is 6.42 Å². The number of nitrogens with zero attached hydrogens (tertiary/aromatic N) is 1. The Kier molecular flexibility index (Phi) is 3.79. The van der Waals surface area contributed by atoms with Crippen LogP contribution in [0, 0.1) is 5.92 Å². The van der Waals surface area contributed by atoms with Gasteiger partial charge in [0.25, 0.3) is 0 Å². The minimum absolute atomic E-state index is 0.0884. The normalized spacial score (nSPS) is 22.9. The van der Waals surface area contributed by atoms with E-state index < -0.39 is 34.0 Å². The second kappa shape index (κ2) is 4.58. The van der Waals surface area contributed by atoms with Crippen LogP contribution in [0.25, 0.3) is 4.72 Å². The number of carbonyl (C=O) groups excluding carboxylic acids is 1. The SMILES string of the molecule is O=C1CC(C[N-]S(=O)(=O)C(F)(F)F)CCO1. The third-order valence-electron chi connectivity index (χ3n) is 2.04. The molecule has 1 aliphatic heterocycles. The maximum absolute atomic E-state index is 11.9. The Hall–Kier alpha value is -0.830. The molecule has 1 saturated heterocycles. The molecule has 1 aliphatic rings. The highest BCUT2D eigenvalue weighted by atomic mass is 32.2. The molecule has 0 saturated carbocycles. The molecule has 1 fully saturated rings. The van der Waals surface area contributed by atoms with Crippen LogP contribution in [0.4, 0.5) is 13.2 Å². The number of alkyl halides is 3. The average Bonchev–Trinajstić information content (AvgIpc) is 2.13. The molecule has 94 valence electrons. The maximum atomic E-state index is 11.9. The Morgan fingerprint density at radius 3 is 2.56 bits per heavy atom. The second-order valence-electron chi connectivity index (χ2n) is 3.31. The summed E-state index contributed by atoms with van der Waals surface area (Å²) in [6.45, 7) is -0.442. The quantitative estimate of drug-likeness (QED) is 0.714. The van der Waals surface area contributed by atoms with Crippen molar-refractivity contribution in [2.24, 2.45) is 5.92 Å². The molecule has 0 N–H and O–H groups in total. The maximum Gasteiger partial charge on any atom is 0.480 e. The van der Waals surface area contributed by atoms with Crippen LogP contribution < -0.4 is 0 Å². The molecule has 0 aromatic rings. The molecule has 9 heteroatoms. The standard InChI is InChI=1S/C7H9F3NO4S/c8-7(9,10)16(13,14)11-4-5-1-2-15-6(12)3-5/h5H,1-4H2/q-1. The Labute approximate surface area is 90.0 Å². The first-order valence-electron chi connectivity index (χ1n) is 4.38. The first kappa shape index (κ1) is 13.2. The van der Waals surface area contributed by atoms with Crippen LogP contribution in [0.2, 0.25) is 0 Å². The van der Waals surface area contributed by atoms with Gasteiger partial charge in [-0.05, 0) is 12.3 Å². The van der Waals surface area contributed by atoms with E-state index in [1.165, 1.54) is 0 Å². The van der Waals surface area contributed by atoms with Crippen molar-refractivity contribution in [3.8, 4) is 0 Å². The van der Waals surface area contributed by atoms with E-state index in [9.17, 15) is 26.4 Å². The molecule has 5 nitrogen and oxygen atoms in total. The molecular weight excluding hydrogens is 251 g/mol. The molecule has 1 atom stereocenters. The van der Waals surface area contributed by atoms with Crippen molar-refractivity contribution in [3.05, 3.63) is 4.72 Å². The Bertz CT molecular complexity index is 364. The van der Waals surface area contributed by atoms with E-state index in [1.54, 1.807) is 0 Å². The van der Waals surface area contributed by atoms with Crippen molar-refractivity contribution in [2.75, 3.05) is 13.2 Å². The van der Waals surface area contributed by atoms with Crippen molar-refractivity contribution < 1.29 is 31.1 Å². The highest BCUT2D eigenvalue weighted by Gasteiger charge is 2.38. The van der Waals surface area contributed by atoms with Crippen molar-refractivity contribution in [1.82, 2.24) is 0 Å². The van der Waals surface area contributed by atoms with Crippen molar-refractivity contribution >= 4 is 16.0 Å². The fourth-order valence-electron chi connectivity index (χ4n) is 1.17. The highest BCUT2D eigenvalue weighted by molar-refractivity contribution is 7.94. The van der Waals surface area contributed by atoms with Gasteiger partial charge in [-0.15, -0.1) is 6.54 Å². The summed E-state index contributed by atoms with van der Waals surface area (Å²) in [6.07, 6.45) is 0.222. The van der Waals surface area contributed by atoms with Crippen molar-refractivity contribution in [3.63, 3.8) is 0 Å². The van der Waals surface area contributed by atoms with E-state index in [2.05, 4.69) is 9.46 Å². The summed E-state index contributed by atoms with van der Waals surface area (Å²) in [5, 5.41) is 0. The van der Waals surface area contributed by atoms with E-state index in [4.69, 9.17) is 0 Å². The molecule has 1 unspecified atom stereocenters. The lowest BCUT2D eigenvalue weighted by Gasteiger charge is -2.29. The van der Waals surface area contributed by atoms with Gasteiger partial charge in [0, 0.05) is 6.42 Å². The number of cyclic esters (lactones) is 1. The van der Waals surface area contributed by atoms with Crippen LogP contribution in [0.15, 0.2) is 0 Å². The third-order valence-corrected chi connectivity index (χ3v) is 3.11. The molecule has 0 aliphatic carbocycles. The number of hydrogen-bond donors (Lipinski definition) is 0. The molecule has 0 aromatic carbocycles. The molecule has 0 bridgehead atoms. The van der Waals surface area contributed by atoms with Crippen LogP contribution in [-0.4, -0.2) is 33.0 Å². The number of carbonyl (C=O) groups is 1. The van der Waals surface area contributed by atoms with Gasteiger partial charge < -0.3 is 9.46 Å². The number of esters is 1. The molecule has 0 aromatic heterocycles. The van der Waals surface area contributed by atoms with Gasteiger partial charge in [-0.1, -0.05) is 0 Å². The number of ether oxygens (including phenoxy) is 1. The fraction of sp³-hybridized carbons (Fsp3) is 0.857. The number of halogens is 3. The largest absolute Gasteiger partial charge is 0.541 e. The predicted octanol–water partition coefficient (Wildman–Crippen LogP) is 1.16. The van der Waals surface area contributed by atoms with Crippen LogP contribution in [0.5, 0.6) is 0 Å². The molecule has 0 spiro atoms. The van der Waals surface area contributed by atoms with E-state index >= 15 is 0 Å².